The van der Waals surface area contributed by atoms with E-state index in [2.05, 4.69) is 17.0 Å². The van der Waals surface area contributed by atoms with Crippen LogP contribution in [0.3, 0.4) is 0 Å². The van der Waals surface area contributed by atoms with Crippen molar-refractivity contribution in [1.82, 2.24) is 5.16 Å². The van der Waals surface area contributed by atoms with Crippen LogP contribution in [-0.2, 0) is 0 Å². The summed E-state index contributed by atoms with van der Waals surface area (Å²) in [6.45, 7) is 0. The molecule has 2 nitrogen and oxygen atoms in total. The molecular weight excluding hydrogens is 282 g/mol. The molecule has 0 aliphatic carbocycles. The molecule has 23 heavy (non-hydrogen) atoms. The van der Waals surface area contributed by atoms with Gasteiger partial charge in [-0.25, -0.2) is 0 Å². The van der Waals surface area contributed by atoms with Crippen LogP contribution in [-0.4, -0.2) is 5.16 Å². The zero-order chi connectivity index (χ0) is 15.5. The smallest absolute Gasteiger partial charge is 0.174 e. The summed E-state index contributed by atoms with van der Waals surface area (Å²) in [6, 6.07) is 25.9. The fourth-order valence-corrected chi connectivity index (χ4v) is 2.48. The third-order valence-electron chi connectivity index (χ3n) is 3.64. The molecule has 0 saturated carbocycles. The number of rotatable bonds is 1. The van der Waals surface area contributed by atoms with E-state index < -0.39 is 0 Å². The monoisotopic (exact) mass is 295 g/mol. The van der Waals surface area contributed by atoms with Gasteiger partial charge < -0.3 is 4.52 Å². The van der Waals surface area contributed by atoms with Gasteiger partial charge in [0.2, 0.25) is 0 Å². The Balaban J connectivity index is 1.72. The van der Waals surface area contributed by atoms with E-state index in [1.54, 1.807) is 0 Å². The Labute approximate surface area is 134 Å². The van der Waals surface area contributed by atoms with Crippen LogP contribution in [0.15, 0.2) is 83.4 Å². The van der Waals surface area contributed by atoms with Gasteiger partial charge in [0.15, 0.2) is 5.76 Å². The first-order valence-corrected chi connectivity index (χ1v) is 7.42. The van der Waals surface area contributed by atoms with E-state index in [0.717, 1.165) is 33.4 Å². The first-order valence-electron chi connectivity index (χ1n) is 7.42. The highest BCUT2D eigenvalue weighted by Crippen LogP contribution is 2.28. The summed E-state index contributed by atoms with van der Waals surface area (Å²) in [5.41, 5.74) is 3.77. The summed E-state index contributed by atoms with van der Waals surface area (Å²) in [7, 11) is 0. The van der Waals surface area contributed by atoms with Crippen LogP contribution in [0.2, 0.25) is 0 Å². The van der Waals surface area contributed by atoms with Gasteiger partial charge in [-0.3, -0.25) is 0 Å². The number of hydrogen-bond donors (Lipinski definition) is 0. The van der Waals surface area contributed by atoms with E-state index in [0.29, 0.717) is 0 Å². The normalized spacial score (nSPS) is 10.3. The molecule has 0 saturated heterocycles. The van der Waals surface area contributed by atoms with Crippen LogP contribution in [0, 0.1) is 11.8 Å². The van der Waals surface area contributed by atoms with Gasteiger partial charge in [-0.2, -0.15) is 0 Å². The maximum atomic E-state index is 5.52. The van der Waals surface area contributed by atoms with Crippen molar-refractivity contribution in [2.24, 2.45) is 0 Å². The Hall–Kier alpha value is -3.31. The molecule has 0 unspecified atom stereocenters. The molecule has 0 aliphatic heterocycles. The molecule has 0 spiro atoms. The first-order chi connectivity index (χ1) is 11.4. The van der Waals surface area contributed by atoms with Gasteiger partial charge in [-0.15, -0.1) is 0 Å². The molecule has 108 valence electrons. The van der Waals surface area contributed by atoms with Crippen molar-refractivity contribution in [1.29, 1.82) is 0 Å². The largest absolute Gasteiger partial charge is 0.355 e. The SMILES string of the molecule is C(#Cc1ccc2c(-c3ccccc3)onc2c1)c1ccccc1. The predicted molar refractivity (Wildman–Crippen MR) is 91.9 cm³/mol. The molecule has 0 aliphatic rings. The minimum absolute atomic E-state index is 0.795. The lowest BCUT2D eigenvalue weighted by molar-refractivity contribution is 0.441. The van der Waals surface area contributed by atoms with Crippen molar-refractivity contribution in [3.05, 3.63) is 90.0 Å². The van der Waals surface area contributed by atoms with Gasteiger partial charge in [-0.1, -0.05) is 65.5 Å². The average Bonchev–Trinajstić information content (AvgIpc) is 3.05. The molecule has 0 bridgehead atoms. The van der Waals surface area contributed by atoms with Crippen molar-refractivity contribution in [2.45, 2.75) is 0 Å². The minimum atomic E-state index is 0.795. The summed E-state index contributed by atoms with van der Waals surface area (Å²) in [5.74, 6) is 7.12. The van der Waals surface area contributed by atoms with Crippen LogP contribution in [0.5, 0.6) is 0 Å². The topological polar surface area (TPSA) is 26.0 Å². The van der Waals surface area contributed by atoms with Crippen LogP contribution in [0.4, 0.5) is 0 Å². The van der Waals surface area contributed by atoms with Crippen LogP contribution < -0.4 is 0 Å². The summed E-state index contributed by atoms with van der Waals surface area (Å²) >= 11 is 0. The molecule has 0 amide bonds. The van der Waals surface area contributed by atoms with Gasteiger partial charge in [0.05, 0.1) is 0 Å². The highest BCUT2D eigenvalue weighted by Gasteiger charge is 2.10. The Kier molecular flexibility index (Phi) is 3.38. The lowest BCUT2D eigenvalue weighted by atomic mass is 10.1. The van der Waals surface area contributed by atoms with Crippen molar-refractivity contribution in [2.75, 3.05) is 0 Å². The molecule has 0 N–H and O–H groups in total. The molecule has 1 aromatic heterocycles. The third kappa shape index (κ3) is 2.73. The fraction of sp³-hybridized carbons (Fsp3) is 0. The van der Waals surface area contributed by atoms with Crippen molar-refractivity contribution >= 4 is 10.9 Å². The minimum Gasteiger partial charge on any atom is -0.355 e. The maximum absolute atomic E-state index is 5.52. The number of benzene rings is 3. The van der Waals surface area contributed by atoms with Crippen LogP contribution in [0.1, 0.15) is 11.1 Å². The second-order valence-electron chi connectivity index (χ2n) is 5.23. The van der Waals surface area contributed by atoms with Crippen molar-refractivity contribution < 1.29 is 4.52 Å². The van der Waals surface area contributed by atoms with E-state index in [-0.39, 0.29) is 0 Å². The van der Waals surface area contributed by atoms with E-state index in [9.17, 15) is 0 Å². The van der Waals surface area contributed by atoms with E-state index in [1.807, 2.05) is 78.9 Å². The molecule has 3 aromatic carbocycles. The second kappa shape index (κ2) is 5.82. The van der Waals surface area contributed by atoms with Gasteiger partial charge in [0.1, 0.15) is 5.52 Å². The standard InChI is InChI=1S/C21H13NO/c1-3-7-16(8-4-1)11-12-17-13-14-19-20(15-17)22-23-21(19)18-9-5-2-6-10-18/h1-10,13-15H. The quantitative estimate of drug-likeness (QED) is 0.467. The van der Waals surface area contributed by atoms with Crippen molar-refractivity contribution in [3.63, 3.8) is 0 Å². The van der Waals surface area contributed by atoms with Gasteiger partial charge in [-0.05, 0) is 30.3 Å². The lowest BCUT2D eigenvalue weighted by Crippen LogP contribution is -1.78. The summed E-state index contributed by atoms with van der Waals surface area (Å²) in [4.78, 5) is 0. The zero-order valence-corrected chi connectivity index (χ0v) is 12.4. The van der Waals surface area contributed by atoms with Gasteiger partial charge in [0, 0.05) is 22.1 Å². The van der Waals surface area contributed by atoms with Crippen LogP contribution in [0.25, 0.3) is 22.2 Å². The highest BCUT2D eigenvalue weighted by atomic mass is 16.5. The second-order valence-corrected chi connectivity index (χ2v) is 5.23. The summed E-state index contributed by atoms with van der Waals surface area (Å²) in [5, 5.41) is 5.17. The third-order valence-corrected chi connectivity index (χ3v) is 3.64. The Morgan fingerprint density at radius 3 is 2.17 bits per heavy atom. The molecule has 1 heterocycles. The van der Waals surface area contributed by atoms with Gasteiger partial charge >= 0.3 is 0 Å². The predicted octanol–water partition coefficient (Wildman–Crippen LogP) is 4.89. The number of hydrogen-bond acceptors (Lipinski definition) is 2. The Morgan fingerprint density at radius 2 is 1.39 bits per heavy atom. The molecule has 0 atom stereocenters. The van der Waals surface area contributed by atoms with E-state index in [4.69, 9.17) is 4.52 Å². The Bertz CT molecular complexity index is 1010. The molecule has 0 radical (unpaired) electrons. The molecule has 0 fully saturated rings. The molecule has 4 aromatic rings. The number of nitrogens with zero attached hydrogens (tertiary/aromatic N) is 1. The summed E-state index contributed by atoms with van der Waals surface area (Å²) < 4.78 is 5.52. The van der Waals surface area contributed by atoms with Crippen molar-refractivity contribution in [3.8, 4) is 23.2 Å². The molecular formula is C21H13NO. The summed E-state index contributed by atoms with van der Waals surface area (Å²) in [6.07, 6.45) is 0. The highest BCUT2D eigenvalue weighted by molar-refractivity contribution is 5.92. The molecule has 2 heteroatoms. The Morgan fingerprint density at radius 1 is 0.696 bits per heavy atom. The fourth-order valence-electron chi connectivity index (χ4n) is 2.48. The number of fused-ring (bicyclic) bond motifs is 1. The number of aromatic nitrogens is 1. The van der Waals surface area contributed by atoms with E-state index in [1.165, 1.54) is 0 Å². The van der Waals surface area contributed by atoms with Gasteiger partial charge in [0.25, 0.3) is 0 Å². The maximum Gasteiger partial charge on any atom is 0.174 e. The van der Waals surface area contributed by atoms with Crippen LogP contribution >= 0.6 is 0 Å². The molecule has 4 rings (SSSR count). The average molecular weight is 295 g/mol. The zero-order valence-electron chi connectivity index (χ0n) is 12.4. The lowest BCUT2D eigenvalue weighted by Gasteiger charge is -1.96. The van der Waals surface area contributed by atoms with E-state index >= 15 is 0 Å². The first kappa shape index (κ1) is 13.4.